The summed E-state index contributed by atoms with van der Waals surface area (Å²) in [5, 5.41) is 17.9. The Labute approximate surface area is 90.0 Å². The Morgan fingerprint density at radius 2 is 2.19 bits per heavy atom. The van der Waals surface area contributed by atoms with Gasteiger partial charge in [-0.2, -0.15) is 0 Å². The Morgan fingerprint density at radius 1 is 1.50 bits per heavy atom. The minimum atomic E-state index is -1.33. The van der Waals surface area contributed by atoms with Crippen LogP contribution in [0, 0.1) is 11.6 Å². The van der Waals surface area contributed by atoms with Crippen molar-refractivity contribution in [3.05, 3.63) is 29.8 Å². The molecule has 86 valence electrons. The molecular formula is C9H8F2N3O2-. The average molecular weight is 228 g/mol. The maximum absolute atomic E-state index is 13.0. The maximum atomic E-state index is 13.0. The number of halogens is 2. The molecule has 0 aromatic heterocycles. The van der Waals surface area contributed by atoms with Crippen LogP contribution in [0.4, 0.5) is 14.5 Å². The second kappa shape index (κ2) is 5.15. The zero-order valence-electron chi connectivity index (χ0n) is 8.35. The van der Waals surface area contributed by atoms with Crippen LogP contribution in [-0.2, 0) is 4.79 Å². The third-order valence-corrected chi connectivity index (χ3v) is 1.57. The molecule has 0 aliphatic carbocycles. The molecule has 0 spiro atoms. The maximum Gasteiger partial charge on any atom is 0.153 e. The molecular weight excluding hydrogens is 220 g/mol. The normalized spacial score (nSPS) is 10.7. The Kier molecular flexibility index (Phi) is 3.87. The second-order valence-corrected chi connectivity index (χ2v) is 2.97. The molecule has 0 saturated heterocycles. The summed E-state index contributed by atoms with van der Waals surface area (Å²) in [5.74, 6) is -2.92. The van der Waals surface area contributed by atoms with Gasteiger partial charge in [0.1, 0.15) is 11.5 Å². The molecule has 1 aromatic carbocycles. The molecule has 0 unspecified atom stereocenters. The molecule has 16 heavy (non-hydrogen) atoms. The van der Waals surface area contributed by atoms with Crippen molar-refractivity contribution < 1.29 is 18.7 Å². The van der Waals surface area contributed by atoms with Crippen molar-refractivity contribution in [2.24, 2.45) is 10.3 Å². The van der Waals surface area contributed by atoms with E-state index >= 15 is 0 Å². The highest BCUT2D eigenvalue weighted by Crippen LogP contribution is 2.18. The van der Waals surface area contributed by atoms with E-state index in [9.17, 15) is 18.7 Å². The summed E-state index contributed by atoms with van der Waals surface area (Å²) in [7, 11) is 1.33. The predicted octanol–water partition coefficient (Wildman–Crippen LogP) is 0.645. The molecule has 0 bridgehead atoms. The number of nitrogens with zero attached hydrogens (tertiary/aromatic N) is 3. The van der Waals surface area contributed by atoms with Gasteiger partial charge in [-0.15, -0.1) is 5.11 Å². The minimum Gasteiger partial charge on any atom is -0.548 e. The summed E-state index contributed by atoms with van der Waals surface area (Å²) in [6.07, 6.45) is 0. The van der Waals surface area contributed by atoms with Gasteiger partial charge in [-0.3, -0.25) is 5.01 Å². The summed E-state index contributed by atoms with van der Waals surface area (Å²) in [5.41, 5.74) is -0.174. The highest BCUT2D eigenvalue weighted by atomic mass is 19.1. The average Bonchev–Trinajstić information content (AvgIpc) is 2.15. The van der Waals surface area contributed by atoms with Crippen molar-refractivity contribution >= 4 is 11.7 Å². The first kappa shape index (κ1) is 12.0. The largest absolute Gasteiger partial charge is 0.548 e. The third-order valence-electron chi connectivity index (χ3n) is 1.57. The highest BCUT2D eigenvalue weighted by Gasteiger charge is 2.02. The Morgan fingerprint density at radius 3 is 2.75 bits per heavy atom. The van der Waals surface area contributed by atoms with Crippen LogP contribution in [0.3, 0.4) is 0 Å². The molecule has 0 N–H and O–H groups in total. The van der Waals surface area contributed by atoms with Crippen LogP contribution >= 0.6 is 0 Å². The first-order valence-electron chi connectivity index (χ1n) is 4.26. The van der Waals surface area contributed by atoms with Crippen LogP contribution in [0.5, 0.6) is 0 Å². The SMILES string of the molecule is CN(CC(=O)[O-])N=Nc1ccc(F)cc1F. The smallest absolute Gasteiger partial charge is 0.153 e. The molecule has 0 radical (unpaired) electrons. The molecule has 7 heteroatoms. The van der Waals surface area contributed by atoms with E-state index in [1.807, 2.05) is 0 Å². The molecule has 0 aliphatic rings. The molecule has 0 aliphatic heterocycles. The number of hydrogen-bond donors (Lipinski definition) is 0. The second-order valence-electron chi connectivity index (χ2n) is 2.97. The van der Waals surface area contributed by atoms with Crippen LogP contribution in [0.1, 0.15) is 0 Å². The fourth-order valence-electron chi connectivity index (χ4n) is 0.905. The van der Waals surface area contributed by atoms with Crippen molar-refractivity contribution in [1.29, 1.82) is 0 Å². The number of aliphatic carboxylic acids is 1. The van der Waals surface area contributed by atoms with Gasteiger partial charge in [-0.25, -0.2) is 8.78 Å². The minimum absolute atomic E-state index is 0.174. The number of carboxylic acids is 1. The van der Waals surface area contributed by atoms with E-state index in [1.54, 1.807) is 0 Å². The highest BCUT2D eigenvalue weighted by molar-refractivity contribution is 5.66. The van der Waals surface area contributed by atoms with E-state index in [0.29, 0.717) is 6.07 Å². The summed E-state index contributed by atoms with van der Waals surface area (Å²) in [6.45, 7) is -0.466. The van der Waals surface area contributed by atoms with Crippen LogP contribution < -0.4 is 5.11 Å². The lowest BCUT2D eigenvalue weighted by atomic mass is 10.3. The number of hydrogen-bond acceptors (Lipinski definition) is 4. The van der Waals surface area contributed by atoms with Gasteiger partial charge >= 0.3 is 0 Å². The molecule has 0 amide bonds. The molecule has 0 fully saturated rings. The van der Waals surface area contributed by atoms with Gasteiger partial charge in [0.25, 0.3) is 0 Å². The van der Waals surface area contributed by atoms with Gasteiger partial charge in [0.05, 0.1) is 12.5 Å². The molecule has 1 rings (SSSR count). The van der Waals surface area contributed by atoms with Crippen LogP contribution in [-0.4, -0.2) is 24.6 Å². The van der Waals surface area contributed by atoms with Crippen molar-refractivity contribution in [1.82, 2.24) is 5.01 Å². The van der Waals surface area contributed by atoms with Crippen LogP contribution in [0.2, 0.25) is 0 Å². The van der Waals surface area contributed by atoms with Crippen molar-refractivity contribution in [3.63, 3.8) is 0 Å². The number of benzene rings is 1. The zero-order valence-corrected chi connectivity index (χ0v) is 8.35. The number of carbonyl (C=O) groups excluding carboxylic acids is 1. The van der Waals surface area contributed by atoms with E-state index in [0.717, 1.165) is 17.1 Å². The molecule has 0 atom stereocenters. The standard InChI is InChI=1S/C9H9F2N3O2/c1-14(5-9(15)16)13-12-8-3-2-6(10)4-7(8)11/h2-4H,5H2,1H3,(H,15,16)/p-1. The number of carboxylic acid groups (broad SMARTS) is 1. The Hall–Kier alpha value is -2.05. The first-order valence-corrected chi connectivity index (χ1v) is 4.26. The van der Waals surface area contributed by atoms with Gasteiger partial charge in [0.15, 0.2) is 5.82 Å². The van der Waals surface area contributed by atoms with Crippen LogP contribution in [0.25, 0.3) is 0 Å². The predicted molar refractivity (Wildman–Crippen MR) is 48.5 cm³/mol. The van der Waals surface area contributed by atoms with Gasteiger partial charge < -0.3 is 9.90 Å². The molecule has 5 nitrogen and oxygen atoms in total. The zero-order chi connectivity index (χ0) is 12.1. The van der Waals surface area contributed by atoms with E-state index in [1.165, 1.54) is 7.05 Å². The lowest BCUT2D eigenvalue weighted by molar-refractivity contribution is -0.306. The van der Waals surface area contributed by atoms with Crippen molar-refractivity contribution in [3.8, 4) is 0 Å². The van der Waals surface area contributed by atoms with Gasteiger partial charge in [-0.05, 0) is 12.1 Å². The fourth-order valence-corrected chi connectivity index (χ4v) is 0.905. The molecule has 0 heterocycles. The lowest BCUT2D eigenvalue weighted by Crippen LogP contribution is -2.33. The molecule has 0 saturated carbocycles. The van der Waals surface area contributed by atoms with E-state index in [4.69, 9.17) is 0 Å². The summed E-state index contributed by atoms with van der Waals surface area (Å²) in [4.78, 5) is 10.2. The Balaban J connectivity index is 2.72. The third kappa shape index (κ3) is 3.60. The van der Waals surface area contributed by atoms with Gasteiger partial charge in [0, 0.05) is 13.1 Å². The van der Waals surface area contributed by atoms with Crippen molar-refractivity contribution in [2.45, 2.75) is 0 Å². The lowest BCUT2D eigenvalue weighted by Gasteiger charge is -2.10. The first-order chi connectivity index (χ1) is 7.49. The number of rotatable bonds is 4. The number of likely N-dealkylation sites (N-methyl/N-ethyl adjacent to an activating group) is 1. The van der Waals surface area contributed by atoms with Gasteiger partial charge in [0.2, 0.25) is 0 Å². The Bertz CT molecular complexity index is 423. The van der Waals surface area contributed by atoms with Crippen LogP contribution in [0.15, 0.2) is 28.5 Å². The molecule has 1 aromatic rings. The summed E-state index contributed by atoms with van der Waals surface area (Å²) >= 11 is 0. The number of carbonyl (C=O) groups is 1. The monoisotopic (exact) mass is 228 g/mol. The van der Waals surface area contributed by atoms with Crippen molar-refractivity contribution in [2.75, 3.05) is 13.6 Å². The van der Waals surface area contributed by atoms with E-state index < -0.39 is 24.1 Å². The quantitative estimate of drug-likeness (QED) is 0.561. The summed E-state index contributed by atoms with van der Waals surface area (Å²) in [6, 6.07) is 2.78. The van der Waals surface area contributed by atoms with E-state index in [-0.39, 0.29) is 5.69 Å². The topological polar surface area (TPSA) is 68.1 Å². The summed E-state index contributed by atoms with van der Waals surface area (Å²) < 4.78 is 25.5. The fraction of sp³-hybridized carbons (Fsp3) is 0.222. The van der Waals surface area contributed by atoms with Gasteiger partial charge in [-0.1, -0.05) is 5.22 Å². The van der Waals surface area contributed by atoms with E-state index in [2.05, 4.69) is 10.3 Å².